The number of carbonyl (C=O) groups is 1. The fourth-order valence-electron chi connectivity index (χ4n) is 1.45. The van der Waals surface area contributed by atoms with E-state index in [1.165, 1.54) is 12.3 Å². The Kier molecular flexibility index (Phi) is 3.98. The van der Waals surface area contributed by atoms with Crippen molar-refractivity contribution in [2.24, 2.45) is 0 Å². The summed E-state index contributed by atoms with van der Waals surface area (Å²) in [7, 11) is -1.29. The summed E-state index contributed by atoms with van der Waals surface area (Å²) in [5.41, 5.74) is 0.434. The standard InChI is InChI=1S/C12H9BrO4S/c13-9-1-3-10(4-2-9)18(16)7-8-5-6-17-11(8)12(14)15/h1-6H,7H2,(H,14,15). The highest BCUT2D eigenvalue weighted by molar-refractivity contribution is 9.10. The maximum Gasteiger partial charge on any atom is 0.372 e. The Bertz CT molecular complexity index is 588. The molecule has 4 nitrogen and oxygen atoms in total. The summed E-state index contributed by atoms with van der Waals surface area (Å²) < 4.78 is 17.8. The van der Waals surface area contributed by atoms with Crippen molar-refractivity contribution >= 4 is 32.7 Å². The molecule has 0 spiro atoms. The van der Waals surface area contributed by atoms with E-state index in [1.54, 1.807) is 24.3 Å². The first kappa shape index (κ1) is 13.0. The van der Waals surface area contributed by atoms with Crippen LogP contribution < -0.4 is 0 Å². The number of rotatable bonds is 4. The van der Waals surface area contributed by atoms with Crippen LogP contribution in [0.2, 0.25) is 0 Å². The van der Waals surface area contributed by atoms with Gasteiger partial charge in [-0.05, 0) is 30.3 Å². The second-order valence-electron chi connectivity index (χ2n) is 3.52. The van der Waals surface area contributed by atoms with Gasteiger partial charge in [0, 0.05) is 14.9 Å². The van der Waals surface area contributed by atoms with Gasteiger partial charge in [0.05, 0.1) is 22.8 Å². The average Bonchev–Trinajstić information content (AvgIpc) is 2.78. The Morgan fingerprint density at radius 3 is 2.56 bits per heavy atom. The molecule has 18 heavy (non-hydrogen) atoms. The zero-order chi connectivity index (χ0) is 13.1. The first-order valence-corrected chi connectivity index (χ1v) is 7.12. The zero-order valence-corrected chi connectivity index (χ0v) is 11.5. The van der Waals surface area contributed by atoms with E-state index in [1.807, 2.05) is 0 Å². The van der Waals surface area contributed by atoms with Crippen LogP contribution in [0.5, 0.6) is 0 Å². The molecule has 1 unspecified atom stereocenters. The zero-order valence-electron chi connectivity index (χ0n) is 9.13. The maximum absolute atomic E-state index is 12.1. The number of hydrogen-bond donors (Lipinski definition) is 1. The molecule has 6 heteroatoms. The Morgan fingerprint density at radius 1 is 1.28 bits per heavy atom. The first-order valence-electron chi connectivity index (χ1n) is 5.01. The number of benzene rings is 1. The van der Waals surface area contributed by atoms with Crippen molar-refractivity contribution in [2.75, 3.05) is 0 Å². The van der Waals surface area contributed by atoms with Crippen LogP contribution in [-0.2, 0) is 16.6 Å². The average molecular weight is 329 g/mol. The predicted octanol–water partition coefficient (Wildman–Crippen LogP) is 3.05. The fourth-order valence-corrected chi connectivity index (χ4v) is 2.83. The van der Waals surface area contributed by atoms with Gasteiger partial charge in [-0.3, -0.25) is 4.21 Å². The summed E-state index contributed by atoms with van der Waals surface area (Å²) in [5, 5.41) is 8.88. The molecule has 0 bridgehead atoms. The molecule has 0 aliphatic heterocycles. The van der Waals surface area contributed by atoms with Crippen LogP contribution in [0.1, 0.15) is 16.1 Å². The van der Waals surface area contributed by atoms with E-state index in [0.717, 1.165) is 4.47 Å². The van der Waals surface area contributed by atoms with Crippen molar-refractivity contribution in [1.82, 2.24) is 0 Å². The van der Waals surface area contributed by atoms with Gasteiger partial charge in [-0.2, -0.15) is 0 Å². The van der Waals surface area contributed by atoms with Crippen molar-refractivity contribution in [1.29, 1.82) is 0 Å². The minimum Gasteiger partial charge on any atom is -0.475 e. The number of aromatic carboxylic acids is 1. The molecule has 94 valence electrons. The summed E-state index contributed by atoms with van der Waals surface area (Å²) >= 11 is 3.29. The highest BCUT2D eigenvalue weighted by Crippen LogP contribution is 2.19. The molecule has 1 aromatic carbocycles. The lowest BCUT2D eigenvalue weighted by molar-refractivity contribution is 0.0661. The van der Waals surface area contributed by atoms with Gasteiger partial charge in [0.1, 0.15) is 0 Å². The molecular formula is C12H9BrO4S. The summed E-state index contributed by atoms with van der Waals surface area (Å²) in [5.74, 6) is -1.18. The molecule has 0 amide bonds. The number of carboxylic acids is 1. The lowest BCUT2D eigenvalue weighted by Crippen LogP contribution is -2.02. The molecule has 0 aliphatic carbocycles. The minimum absolute atomic E-state index is 0.125. The lowest BCUT2D eigenvalue weighted by Gasteiger charge is -2.01. The van der Waals surface area contributed by atoms with E-state index in [9.17, 15) is 9.00 Å². The molecular weight excluding hydrogens is 320 g/mol. The van der Waals surface area contributed by atoms with Crippen LogP contribution in [0.25, 0.3) is 0 Å². The molecule has 1 atom stereocenters. The Morgan fingerprint density at radius 2 is 1.94 bits per heavy atom. The Labute approximate surface area is 114 Å². The van der Waals surface area contributed by atoms with Gasteiger partial charge in [0.25, 0.3) is 0 Å². The third-order valence-electron chi connectivity index (χ3n) is 2.30. The van der Waals surface area contributed by atoms with Crippen molar-refractivity contribution in [2.45, 2.75) is 10.6 Å². The molecule has 1 N–H and O–H groups in total. The molecule has 0 fully saturated rings. The monoisotopic (exact) mass is 328 g/mol. The summed E-state index contributed by atoms with van der Waals surface area (Å²) in [6, 6.07) is 8.59. The van der Waals surface area contributed by atoms with E-state index < -0.39 is 16.8 Å². The van der Waals surface area contributed by atoms with Crippen LogP contribution in [0.3, 0.4) is 0 Å². The summed E-state index contributed by atoms with van der Waals surface area (Å²) in [6.45, 7) is 0. The van der Waals surface area contributed by atoms with Gasteiger partial charge in [-0.15, -0.1) is 0 Å². The molecule has 1 heterocycles. The van der Waals surface area contributed by atoms with Crippen molar-refractivity contribution in [3.63, 3.8) is 0 Å². The van der Waals surface area contributed by atoms with E-state index in [2.05, 4.69) is 15.9 Å². The molecule has 0 saturated heterocycles. The number of halogens is 1. The van der Waals surface area contributed by atoms with Gasteiger partial charge in [0.15, 0.2) is 0 Å². The van der Waals surface area contributed by atoms with Crippen molar-refractivity contribution in [3.05, 3.63) is 52.4 Å². The first-order chi connectivity index (χ1) is 8.58. The van der Waals surface area contributed by atoms with E-state index in [-0.39, 0.29) is 11.5 Å². The van der Waals surface area contributed by atoms with E-state index in [4.69, 9.17) is 9.52 Å². The number of furan rings is 1. The van der Waals surface area contributed by atoms with Crippen LogP contribution in [0.15, 0.2) is 50.4 Å². The van der Waals surface area contributed by atoms with Crippen molar-refractivity contribution < 1.29 is 18.5 Å². The molecule has 1 aromatic heterocycles. The predicted molar refractivity (Wildman–Crippen MR) is 69.9 cm³/mol. The minimum atomic E-state index is -1.29. The highest BCUT2D eigenvalue weighted by Gasteiger charge is 2.16. The lowest BCUT2D eigenvalue weighted by atomic mass is 10.3. The maximum atomic E-state index is 12.1. The number of carboxylic acid groups (broad SMARTS) is 1. The molecule has 2 rings (SSSR count). The van der Waals surface area contributed by atoms with Crippen LogP contribution >= 0.6 is 15.9 Å². The fraction of sp³-hybridized carbons (Fsp3) is 0.0833. The Balaban J connectivity index is 2.19. The SMILES string of the molecule is O=C(O)c1occc1CS(=O)c1ccc(Br)cc1. The molecule has 0 radical (unpaired) electrons. The second-order valence-corrected chi connectivity index (χ2v) is 5.89. The largest absolute Gasteiger partial charge is 0.475 e. The van der Waals surface area contributed by atoms with Gasteiger partial charge in [-0.25, -0.2) is 4.79 Å². The van der Waals surface area contributed by atoms with Gasteiger partial charge >= 0.3 is 5.97 Å². The van der Waals surface area contributed by atoms with Gasteiger partial charge in [-0.1, -0.05) is 15.9 Å². The summed E-state index contributed by atoms with van der Waals surface area (Å²) in [4.78, 5) is 11.5. The molecule has 0 saturated carbocycles. The van der Waals surface area contributed by atoms with E-state index in [0.29, 0.717) is 10.5 Å². The third-order valence-corrected chi connectivity index (χ3v) is 4.20. The van der Waals surface area contributed by atoms with Crippen molar-refractivity contribution in [3.8, 4) is 0 Å². The molecule has 0 aliphatic rings. The normalized spacial score (nSPS) is 12.3. The van der Waals surface area contributed by atoms with Crippen LogP contribution in [0, 0.1) is 0 Å². The van der Waals surface area contributed by atoms with Crippen LogP contribution in [-0.4, -0.2) is 15.3 Å². The second kappa shape index (κ2) is 5.49. The topological polar surface area (TPSA) is 67.5 Å². The quantitative estimate of drug-likeness (QED) is 0.936. The highest BCUT2D eigenvalue weighted by atomic mass is 79.9. The Hall–Kier alpha value is -1.40. The number of hydrogen-bond acceptors (Lipinski definition) is 3. The van der Waals surface area contributed by atoms with E-state index >= 15 is 0 Å². The van der Waals surface area contributed by atoms with Gasteiger partial charge in [0.2, 0.25) is 5.76 Å². The third kappa shape index (κ3) is 2.88. The molecule has 2 aromatic rings. The summed E-state index contributed by atoms with van der Waals surface area (Å²) in [6.07, 6.45) is 1.29. The van der Waals surface area contributed by atoms with Gasteiger partial charge < -0.3 is 9.52 Å². The smallest absolute Gasteiger partial charge is 0.372 e. The van der Waals surface area contributed by atoms with Crippen LogP contribution in [0.4, 0.5) is 0 Å².